The molecule has 0 aliphatic rings. The Hall–Kier alpha value is 1.85. The minimum atomic E-state index is -4.39. The molecular weight excluding hydrogens is 356 g/mol. The van der Waals surface area contributed by atoms with E-state index < -0.39 is 28.6 Å². The lowest BCUT2D eigenvalue weighted by Crippen LogP contribution is -2.16. The molecule has 0 saturated carbocycles. The van der Waals surface area contributed by atoms with Crippen LogP contribution < -0.4 is 0 Å². The van der Waals surface area contributed by atoms with E-state index in [1.165, 1.54) is 0 Å². The van der Waals surface area contributed by atoms with E-state index in [-0.39, 0.29) is 0 Å². The molecule has 11 heteroatoms. The predicted molar refractivity (Wildman–Crippen MR) is 62.3 cm³/mol. The van der Waals surface area contributed by atoms with Gasteiger partial charge in [-0.3, -0.25) is 9.05 Å². The van der Waals surface area contributed by atoms with E-state index in [2.05, 4.69) is 9.05 Å². The lowest BCUT2D eigenvalue weighted by molar-refractivity contribution is 0.153. The molecule has 92 valence electrons. The van der Waals surface area contributed by atoms with Crippen molar-refractivity contribution in [2.24, 2.45) is 0 Å². The Morgan fingerprint density at radius 1 is 0.933 bits per heavy atom. The van der Waals surface area contributed by atoms with Crippen LogP contribution in [0.15, 0.2) is 0 Å². The van der Waals surface area contributed by atoms with Crippen molar-refractivity contribution < 1.29 is 18.5 Å². The zero-order valence-electron chi connectivity index (χ0n) is 6.80. The molecule has 0 saturated heterocycles. The molecule has 0 spiro atoms. The Labute approximate surface area is 116 Å². The smallest absolute Gasteiger partial charge is 0.302 e. The Balaban J connectivity index is 4.04. The number of rotatable bonds is 4. The molecule has 0 heterocycles. The normalized spacial score (nSPS) is 14.3. The van der Waals surface area contributed by atoms with Crippen LogP contribution in [0.3, 0.4) is 0 Å². The highest BCUT2D eigenvalue weighted by Crippen LogP contribution is 2.47. The zero-order valence-corrected chi connectivity index (χ0v) is 12.2. The van der Waals surface area contributed by atoms with Crippen LogP contribution in [0.2, 0.25) is 0 Å². The third-order valence-electron chi connectivity index (χ3n) is 0.783. The van der Waals surface area contributed by atoms with Gasteiger partial charge in [-0.25, -0.2) is 4.57 Å². The van der Waals surface area contributed by atoms with Crippen molar-refractivity contribution in [2.45, 2.75) is 7.59 Å². The van der Waals surface area contributed by atoms with Crippen molar-refractivity contribution in [3.63, 3.8) is 0 Å². The number of phosphoric ester groups is 1. The van der Waals surface area contributed by atoms with E-state index >= 15 is 0 Å². The third kappa shape index (κ3) is 12.1. The van der Waals surface area contributed by atoms with E-state index in [4.69, 9.17) is 74.5 Å². The summed E-state index contributed by atoms with van der Waals surface area (Å²) in [7, 11) is -4.39. The van der Waals surface area contributed by atoms with Crippen LogP contribution in [-0.4, -0.2) is 25.7 Å². The zero-order chi connectivity index (χ0) is 12.3. The summed E-state index contributed by atoms with van der Waals surface area (Å²) in [5, 5.41) is 0. The number of phosphoric acid groups is 1. The molecule has 0 aliphatic heterocycles. The van der Waals surface area contributed by atoms with Crippen molar-refractivity contribution in [1.29, 1.82) is 0 Å². The lowest BCUT2D eigenvalue weighted by Gasteiger charge is -2.17. The fourth-order valence-electron chi connectivity index (χ4n) is 0.347. The van der Waals surface area contributed by atoms with Gasteiger partial charge in [0.2, 0.25) is 7.59 Å². The maximum atomic E-state index is 11.1. The van der Waals surface area contributed by atoms with Crippen LogP contribution in [0.4, 0.5) is 0 Å². The van der Waals surface area contributed by atoms with Crippen molar-refractivity contribution in [3.8, 4) is 0 Å². The Morgan fingerprint density at radius 3 is 1.40 bits per heavy atom. The maximum absolute atomic E-state index is 11.1. The van der Waals surface area contributed by atoms with Crippen LogP contribution in [0, 0.1) is 0 Å². The third-order valence-corrected chi connectivity index (χ3v) is 2.35. The Bertz CT molecular complexity index is 224. The van der Waals surface area contributed by atoms with Gasteiger partial charge in [-0.05, 0) is 0 Å². The highest BCUT2D eigenvalue weighted by Gasteiger charge is 2.32. The number of alkyl halides is 6. The fraction of sp³-hybridized carbons (Fsp3) is 1.00. The Kier molecular flexibility index (Phi) is 6.90. The standard InChI is InChI=1S/C4H5Cl6O4P/c5-3(6,7)1-13-15(11,12)14-2-4(8,9)10/h1-2H2,(H,11,12). The van der Waals surface area contributed by atoms with Crippen LogP contribution in [0.25, 0.3) is 0 Å². The number of hydrogen-bond acceptors (Lipinski definition) is 3. The summed E-state index contributed by atoms with van der Waals surface area (Å²) in [6, 6.07) is 0. The van der Waals surface area contributed by atoms with Gasteiger partial charge in [0.25, 0.3) is 0 Å². The minimum Gasteiger partial charge on any atom is -0.302 e. The summed E-state index contributed by atoms with van der Waals surface area (Å²) in [4.78, 5) is 9.00. The van der Waals surface area contributed by atoms with Gasteiger partial charge in [-0.15, -0.1) is 0 Å². The SMILES string of the molecule is O=P(O)(OCC(Cl)(Cl)Cl)OCC(Cl)(Cl)Cl. The summed E-state index contributed by atoms with van der Waals surface area (Å²) < 4.78 is 16.0. The van der Waals surface area contributed by atoms with E-state index in [0.29, 0.717) is 0 Å². The monoisotopic (exact) mass is 358 g/mol. The second-order valence-electron chi connectivity index (χ2n) is 2.25. The van der Waals surface area contributed by atoms with Crippen molar-refractivity contribution in [2.75, 3.05) is 13.2 Å². The average molecular weight is 361 g/mol. The summed E-state index contributed by atoms with van der Waals surface area (Å²) in [6.45, 7) is -1.27. The van der Waals surface area contributed by atoms with Crippen molar-refractivity contribution in [3.05, 3.63) is 0 Å². The predicted octanol–water partition coefficient (Wildman–Crippen LogP) is 3.86. The topological polar surface area (TPSA) is 55.8 Å². The van der Waals surface area contributed by atoms with Gasteiger partial charge in [0, 0.05) is 0 Å². The molecule has 0 unspecified atom stereocenters. The molecule has 0 aromatic carbocycles. The first-order valence-corrected chi connectivity index (χ1v) is 6.93. The maximum Gasteiger partial charge on any atom is 0.472 e. The first-order valence-electron chi connectivity index (χ1n) is 3.17. The van der Waals surface area contributed by atoms with Crippen LogP contribution in [-0.2, 0) is 13.6 Å². The van der Waals surface area contributed by atoms with Crippen LogP contribution in [0.1, 0.15) is 0 Å². The summed E-state index contributed by atoms with van der Waals surface area (Å²) >= 11 is 31.6. The molecule has 0 bridgehead atoms. The van der Waals surface area contributed by atoms with Gasteiger partial charge in [0.15, 0.2) is 0 Å². The molecule has 0 aromatic heterocycles. The van der Waals surface area contributed by atoms with Crippen LogP contribution >= 0.6 is 77.4 Å². The van der Waals surface area contributed by atoms with E-state index in [9.17, 15) is 4.57 Å². The van der Waals surface area contributed by atoms with Crippen molar-refractivity contribution in [1.82, 2.24) is 0 Å². The molecule has 15 heavy (non-hydrogen) atoms. The number of hydrogen-bond donors (Lipinski definition) is 1. The average Bonchev–Trinajstić information content (AvgIpc) is 1.96. The highest BCUT2D eigenvalue weighted by atomic mass is 35.6. The van der Waals surface area contributed by atoms with Gasteiger partial charge < -0.3 is 4.89 Å². The van der Waals surface area contributed by atoms with Gasteiger partial charge in [0.05, 0.1) is 0 Å². The molecule has 0 amide bonds. The summed E-state index contributed by atoms with van der Waals surface area (Å²) in [5.41, 5.74) is 0. The molecular formula is C4H5Cl6O4P. The molecule has 0 radical (unpaired) electrons. The molecule has 0 aromatic rings. The van der Waals surface area contributed by atoms with Crippen molar-refractivity contribution >= 4 is 77.4 Å². The molecule has 0 aliphatic carbocycles. The lowest BCUT2D eigenvalue weighted by atomic mass is 10.9. The molecule has 0 fully saturated rings. The molecule has 0 rings (SSSR count). The van der Waals surface area contributed by atoms with Gasteiger partial charge in [0.1, 0.15) is 13.2 Å². The first kappa shape index (κ1) is 16.9. The van der Waals surface area contributed by atoms with E-state index in [0.717, 1.165) is 0 Å². The van der Waals surface area contributed by atoms with Gasteiger partial charge in [-0.1, -0.05) is 69.6 Å². The highest BCUT2D eigenvalue weighted by molar-refractivity contribution is 7.47. The quantitative estimate of drug-likeness (QED) is 0.611. The second-order valence-corrected chi connectivity index (χ2v) is 8.73. The number of halogens is 6. The van der Waals surface area contributed by atoms with E-state index in [1.54, 1.807) is 0 Å². The fourth-order valence-corrected chi connectivity index (χ4v) is 1.92. The summed E-state index contributed by atoms with van der Waals surface area (Å²) in [5.74, 6) is 0. The Morgan fingerprint density at radius 2 is 1.20 bits per heavy atom. The van der Waals surface area contributed by atoms with E-state index in [1.807, 2.05) is 0 Å². The summed E-state index contributed by atoms with van der Waals surface area (Å²) in [6.07, 6.45) is 0. The largest absolute Gasteiger partial charge is 0.472 e. The molecule has 1 N–H and O–H groups in total. The second kappa shape index (κ2) is 6.14. The molecule has 0 atom stereocenters. The van der Waals surface area contributed by atoms with Gasteiger partial charge >= 0.3 is 7.82 Å². The molecule has 4 nitrogen and oxygen atoms in total. The van der Waals surface area contributed by atoms with Gasteiger partial charge in [-0.2, -0.15) is 0 Å². The first-order chi connectivity index (χ1) is 6.41. The van der Waals surface area contributed by atoms with Crippen LogP contribution in [0.5, 0.6) is 0 Å². The minimum absolute atomic E-state index is 0.634.